The molecule has 15 nitrogen and oxygen atoms in total. The highest BCUT2D eigenvalue weighted by Crippen LogP contribution is 2.54. The van der Waals surface area contributed by atoms with Crippen LogP contribution in [0.2, 0.25) is 0 Å². The van der Waals surface area contributed by atoms with Gasteiger partial charge in [-0.3, -0.25) is 28.8 Å². The van der Waals surface area contributed by atoms with Crippen LogP contribution < -0.4 is 0 Å². The maximum Gasteiger partial charge on any atom is 0.338 e. The molecule has 1 saturated carbocycles. The van der Waals surface area contributed by atoms with Gasteiger partial charge in [-0.25, -0.2) is 9.59 Å². The Balaban J connectivity index is 2.16. The van der Waals surface area contributed by atoms with Crippen LogP contribution in [0.4, 0.5) is 0 Å². The molecule has 9 atom stereocenters. The van der Waals surface area contributed by atoms with Crippen molar-refractivity contribution in [3.8, 4) is 0 Å². The molecule has 0 heterocycles. The maximum absolute atomic E-state index is 15.2. The van der Waals surface area contributed by atoms with Crippen LogP contribution in [0.25, 0.3) is 0 Å². The highest BCUT2D eigenvalue weighted by atomic mass is 16.6. The smallest absolute Gasteiger partial charge is 0.338 e. The fraction of sp³-hybridized carbons (Fsp3) is 0.455. The first-order valence-corrected chi connectivity index (χ1v) is 18.9. The number of benzene rings is 2. The molecule has 2 aromatic rings. The van der Waals surface area contributed by atoms with E-state index in [0.29, 0.717) is 0 Å². The normalized spacial score (nSPS) is 29.5. The molecule has 2 aromatic carbocycles. The van der Waals surface area contributed by atoms with Gasteiger partial charge in [0.15, 0.2) is 41.4 Å². The average molecular weight is 819 g/mol. The summed E-state index contributed by atoms with van der Waals surface area (Å²) in [5, 5.41) is 0. The zero-order chi connectivity index (χ0) is 44.0. The number of fused-ring (bicyclic) bond motifs is 1. The first kappa shape index (κ1) is 45.6. The molecule has 0 unspecified atom stereocenters. The summed E-state index contributed by atoms with van der Waals surface area (Å²) in [6, 6.07) is 15.4. The molecule has 4 rings (SSSR count). The number of Topliss-reactive ketones (excluding diaryl/α,β-unsaturated/α-hetero) is 1. The van der Waals surface area contributed by atoms with E-state index in [-0.39, 0.29) is 16.7 Å². The minimum Gasteiger partial charge on any atom is -0.458 e. The predicted molar refractivity (Wildman–Crippen MR) is 207 cm³/mol. The molecule has 0 aromatic heterocycles. The molecular formula is C44H50O15. The van der Waals surface area contributed by atoms with Crippen molar-refractivity contribution in [1.82, 2.24) is 0 Å². The van der Waals surface area contributed by atoms with Crippen molar-refractivity contribution in [2.24, 2.45) is 17.3 Å². The van der Waals surface area contributed by atoms with Crippen LogP contribution in [-0.2, 0) is 61.9 Å². The second kappa shape index (κ2) is 18.2. The van der Waals surface area contributed by atoms with E-state index in [1.807, 2.05) is 0 Å². The molecule has 0 spiro atoms. The van der Waals surface area contributed by atoms with E-state index in [2.05, 4.69) is 6.58 Å². The van der Waals surface area contributed by atoms with E-state index in [9.17, 15) is 33.6 Å². The zero-order valence-corrected chi connectivity index (χ0v) is 34.5. The van der Waals surface area contributed by atoms with Gasteiger partial charge in [-0.2, -0.15) is 0 Å². The topological polar surface area (TPSA) is 201 Å². The van der Waals surface area contributed by atoms with Gasteiger partial charge >= 0.3 is 41.8 Å². The van der Waals surface area contributed by atoms with Crippen LogP contribution in [0.3, 0.4) is 0 Å². The molecule has 0 aliphatic heterocycles. The molecule has 15 heteroatoms. The average Bonchev–Trinajstić information content (AvgIpc) is 3.38. The highest BCUT2D eigenvalue weighted by molar-refractivity contribution is 5.95. The van der Waals surface area contributed by atoms with E-state index < -0.39 is 113 Å². The third-order valence-electron chi connectivity index (χ3n) is 10.2. The lowest BCUT2D eigenvalue weighted by atomic mass is 9.72. The summed E-state index contributed by atoms with van der Waals surface area (Å²) in [5.41, 5.74) is -6.06. The molecular weight excluding hydrogens is 768 g/mol. The van der Waals surface area contributed by atoms with E-state index in [1.54, 1.807) is 50.2 Å². The van der Waals surface area contributed by atoms with Gasteiger partial charge in [0.05, 0.1) is 17.0 Å². The van der Waals surface area contributed by atoms with Crippen LogP contribution in [0, 0.1) is 17.3 Å². The molecule has 59 heavy (non-hydrogen) atoms. The number of carbonyl (C=O) groups is 8. The number of hydrogen-bond acceptors (Lipinski definition) is 15. The molecule has 0 bridgehead atoms. The van der Waals surface area contributed by atoms with Crippen molar-refractivity contribution >= 4 is 47.6 Å². The molecule has 2 aliphatic rings. The number of carbonyl (C=O) groups excluding carboxylic acids is 8. The van der Waals surface area contributed by atoms with Crippen molar-refractivity contribution in [2.45, 2.75) is 110 Å². The molecule has 0 saturated heterocycles. The SMILES string of the molecule is C=C1[C@@H](OC(=O)c2ccccc2)[C@@H](OC(C)=O)[C@@H](OC(C)=O)C(C)(C)/C=C/[C@H](C)C(=O)[C@@]2(OC(C)=O)C[C@@](C)(OC(=O)c3ccccc3)[C@H](OC(C)=O)[C@@H]2[C@H]1OC(C)=O. The van der Waals surface area contributed by atoms with Gasteiger partial charge in [-0.15, -0.1) is 0 Å². The van der Waals surface area contributed by atoms with E-state index in [0.717, 1.165) is 34.6 Å². The Morgan fingerprint density at radius 1 is 0.610 bits per heavy atom. The molecule has 0 radical (unpaired) electrons. The van der Waals surface area contributed by atoms with Crippen molar-refractivity contribution in [3.05, 3.63) is 96.1 Å². The van der Waals surface area contributed by atoms with Gasteiger partial charge in [0.25, 0.3) is 0 Å². The van der Waals surface area contributed by atoms with Crippen molar-refractivity contribution in [1.29, 1.82) is 0 Å². The Labute approximate surface area is 342 Å². The summed E-state index contributed by atoms with van der Waals surface area (Å²) >= 11 is 0. The summed E-state index contributed by atoms with van der Waals surface area (Å²) in [6.45, 7) is 15.6. The second-order valence-electron chi connectivity index (χ2n) is 15.5. The summed E-state index contributed by atoms with van der Waals surface area (Å²) in [7, 11) is 0. The maximum atomic E-state index is 15.2. The molecule has 2 aliphatic carbocycles. The lowest BCUT2D eigenvalue weighted by molar-refractivity contribution is -0.191. The largest absolute Gasteiger partial charge is 0.458 e. The van der Waals surface area contributed by atoms with Crippen LogP contribution >= 0.6 is 0 Å². The molecule has 1 fully saturated rings. The Morgan fingerprint density at radius 3 is 1.59 bits per heavy atom. The van der Waals surface area contributed by atoms with Crippen molar-refractivity contribution in [3.63, 3.8) is 0 Å². The Hall–Kier alpha value is -6.12. The molecule has 0 amide bonds. The van der Waals surface area contributed by atoms with Gasteiger partial charge in [0, 0.05) is 57.9 Å². The number of ether oxygens (including phenoxy) is 7. The van der Waals surface area contributed by atoms with Crippen LogP contribution in [0.15, 0.2) is 85.0 Å². The second-order valence-corrected chi connectivity index (χ2v) is 15.5. The van der Waals surface area contributed by atoms with E-state index in [1.165, 1.54) is 50.3 Å². The Kier molecular flexibility index (Phi) is 14.1. The van der Waals surface area contributed by atoms with Crippen molar-refractivity contribution < 1.29 is 71.5 Å². The highest BCUT2D eigenvalue weighted by Gasteiger charge is 2.72. The third-order valence-corrected chi connectivity index (χ3v) is 10.2. The van der Waals surface area contributed by atoms with Crippen LogP contribution in [0.5, 0.6) is 0 Å². The van der Waals surface area contributed by atoms with Gasteiger partial charge in [-0.1, -0.05) is 75.9 Å². The van der Waals surface area contributed by atoms with Crippen LogP contribution in [-0.4, -0.2) is 89.3 Å². The molecule has 0 N–H and O–H groups in total. The Morgan fingerprint density at radius 2 is 1.10 bits per heavy atom. The van der Waals surface area contributed by atoms with Crippen LogP contribution in [0.1, 0.15) is 89.5 Å². The summed E-state index contributed by atoms with van der Waals surface area (Å²) < 4.78 is 41.9. The van der Waals surface area contributed by atoms with E-state index in [4.69, 9.17) is 33.2 Å². The lowest BCUT2D eigenvalue weighted by Crippen LogP contribution is -2.59. The minimum absolute atomic E-state index is 0.0255. The summed E-state index contributed by atoms with van der Waals surface area (Å²) in [5.74, 6) is -10.3. The number of rotatable bonds is 9. The third kappa shape index (κ3) is 10.3. The summed E-state index contributed by atoms with van der Waals surface area (Å²) in [6.07, 6.45) is -6.45. The number of allylic oxidation sites excluding steroid dienone is 1. The first-order chi connectivity index (χ1) is 27.5. The zero-order valence-electron chi connectivity index (χ0n) is 34.5. The predicted octanol–water partition coefficient (Wildman–Crippen LogP) is 5.23. The number of esters is 7. The fourth-order valence-electron chi connectivity index (χ4n) is 7.83. The number of hydrogen-bond donors (Lipinski definition) is 0. The fourth-order valence-corrected chi connectivity index (χ4v) is 7.83. The van der Waals surface area contributed by atoms with Gasteiger partial charge in [0.2, 0.25) is 0 Å². The lowest BCUT2D eigenvalue weighted by Gasteiger charge is -2.44. The van der Waals surface area contributed by atoms with Gasteiger partial charge in [-0.05, 0) is 31.2 Å². The van der Waals surface area contributed by atoms with Gasteiger partial charge < -0.3 is 33.2 Å². The standard InChI is InChI=1S/C44H50O15/c1-24-21-22-42(8,9)39(56-29(6)48)36(54-27(4)46)35(57-40(51)31-17-13-11-14-18-31)25(2)34(53-26(3)45)33-38(55-28(5)47)43(10,23-44(33,37(24)50)58-30(7)49)59-41(52)32-19-15-12-16-20-32/h11-22,24,33-36,38-39H,2,23H2,1,3-10H3/b22-21+/t24-,33-,34-,35+,36+,38+,39+,43+,44+/m0/s1. The monoisotopic (exact) mass is 818 g/mol. The quantitative estimate of drug-likeness (QED) is 0.181. The minimum atomic E-state index is -2.44. The van der Waals surface area contributed by atoms with Crippen molar-refractivity contribution in [2.75, 3.05) is 0 Å². The Bertz CT molecular complexity index is 2000. The summed E-state index contributed by atoms with van der Waals surface area (Å²) in [4.78, 5) is 108. The van der Waals surface area contributed by atoms with E-state index >= 15 is 4.79 Å². The van der Waals surface area contributed by atoms with Gasteiger partial charge in [0.1, 0.15) is 6.10 Å². The molecule has 316 valence electrons. The first-order valence-electron chi connectivity index (χ1n) is 18.9. The number of ketones is 1.